The smallest absolute Gasteiger partial charge is 0.258 e. The Kier molecular flexibility index (Phi) is 3.54. The first-order valence-corrected chi connectivity index (χ1v) is 6.79. The maximum atomic E-state index is 12.3. The van der Waals surface area contributed by atoms with Gasteiger partial charge in [0.15, 0.2) is 0 Å². The van der Waals surface area contributed by atoms with E-state index in [0.29, 0.717) is 16.3 Å². The number of aromatic nitrogens is 2. The minimum absolute atomic E-state index is 0.288. The third-order valence-corrected chi connectivity index (χ3v) is 3.48. The molecule has 0 aliphatic carbocycles. The van der Waals surface area contributed by atoms with E-state index in [1.54, 1.807) is 18.5 Å². The number of aryl methyl sites for hydroxylation is 1. The Balaban J connectivity index is 1.97. The molecule has 0 bridgehead atoms. The fraction of sp³-hybridized carbons (Fsp3) is 0.0625. The molecule has 2 aromatic heterocycles. The van der Waals surface area contributed by atoms with Crippen LogP contribution in [0.4, 0.5) is 5.69 Å². The predicted octanol–water partition coefficient (Wildman–Crippen LogP) is 3.84. The van der Waals surface area contributed by atoms with Crippen LogP contribution in [0.5, 0.6) is 0 Å². The topological polar surface area (TPSA) is 54.9 Å². The van der Waals surface area contributed by atoms with Crippen molar-refractivity contribution in [3.05, 3.63) is 65.2 Å². The minimum atomic E-state index is -0.288. The van der Waals surface area contributed by atoms with Crippen molar-refractivity contribution in [1.82, 2.24) is 9.97 Å². The standard InChI is InChI=1S/C16H12ClN3O/c1-10-7-14(17)13(9-19-10)16(21)20-15-4-2-3-11-5-6-18-8-12(11)15/h2-9H,1H3,(H,20,21). The van der Waals surface area contributed by atoms with E-state index in [1.807, 2.05) is 31.2 Å². The fourth-order valence-corrected chi connectivity index (χ4v) is 2.40. The van der Waals surface area contributed by atoms with Gasteiger partial charge in [0, 0.05) is 29.7 Å². The van der Waals surface area contributed by atoms with Crippen molar-refractivity contribution < 1.29 is 4.79 Å². The Morgan fingerprint density at radius 2 is 2.10 bits per heavy atom. The summed E-state index contributed by atoms with van der Waals surface area (Å²) in [5, 5.41) is 5.13. The van der Waals surface area contributed by atoms with Crippen LogP contribution in [-0.2, 0) is 0 Å². The molecule has 0 aliphatic heterocycles. The van der Waals surface area contributed by atoms with E-state index in [2.05, 4.69) is 15.3 Å². The average molecular weight is 298 g/mol. The second-order valence-electron chi connectivity index (χ2n) is 4.66. The summed E-state index contributed by atoms with van der Waals surface area (Å²) in [6.07, 6.45) is 4.92. The molecule has 21 heavy (non-hydrogen) atoms. The Bertz CT molecular complexity index is 827. The number of pyridine rings is 2. The largest absolute Gasteiger partial charge is 0.321 e. The summed E-state index contributed by atoms with van der Waals surface area (Å²) in [5.74, 6) is -0.288. The summed E-state index contributed by atoms with van der Waals surface area (Å²) in [4.78, 5) is 20.5. The Labute approximate surface area is 126 Å². The van der Waals surface area contributed by atoms with E-state index >= 15 is 0 Å². The number of rotatable bonds is 2. The van der Waals surface area contributed by atoms with Crippen molar-refractivity contribution in [3.8, 4) is 0 Å². The van der Waals surface area contributed by atoms with E-state index in [9.17, 15) is 4.79 Å². The highest BCUT2D eigenvalue weighted by molar-refractivity contribution is 6.34. The number of fused-ring (bicyclic) bond motifs is 1. The van der Waals surface area contributed by atoms with E-state index in [0.717, 1.165) is 16.5 Å². The van der Waals surface area contributed by atoms with Gasteiger partial charge in [0.25, 0.3) is 5.91 Å². The molecule has 1 aromatic carbocycles. The van der Waals surface area contributed by atoms with Crippen LogP contribution in [-0.4, -0.2) is 15.9 Å². The maximum absolute atomic E-state index is 12.3. The number of carbonyl (C=O) groups excluding carboxylic acids is 1. The summed E-state index contributed by atoms with van der Waals surface area (Å²) >= 11 is 6.10. The molecule has 0 saturated heterocycles. The molecule has 0 fully saturated rings. The Morgan fingerprint density at radius 3 is 2.90 bits per heavy atom. The summed E-state index contributed by atoms with van der Waals surface area (Å²) < 4.78 is 0. The second kappa shape index (κ2) is 5.50. The first kappa shape index (κ1) is 13.5. The lowest BCUT2D eigenvalue weighted by Gasteiger charge is -2.09. The average Bonchev–Trinajstić information content (AvgIpc) is 2.47. The number of carbonyl (C=O) groups is 1. The second-order valence-corrected chi connectivity index (χ2v) is 5.07. The summed E-state index contributed by atoms with van der Waals surface area (Å²) in [6.45, 7) is 1.82. The maximum Gasteiger partial charge on any atom is 0.258 e. The van der Waals surface area contributed by atoms with Gasteiger partial charge in [-0.15, -0.1) is 0 Å². The van der Waals surface area contributed by atoms with Gasteiger partial charge in [-0.3, -0.25) is 14.8 Å². The number of nitrogens with one attached hydrogen (secondary N) is 1. The Morgan fingerprint density at radius 1 is 1.24 bits per heavy atom. The van der Waals surface area contributed by atoms with Gasteiger partial charge in [0.1, 0.15) is 0 Å². The molecule has 1 amide bonds. The van der Waals surface area contributed by atoms with Gasteiger partial charge in [-0.1, -0.05) is 23.7 Å². The van der Waals surface area contributed by atoms with Gasteiger partial charge in [-0.2, -0.15) is 0 Å². The van der Waals surface area contributed by atoms with Gasteiger partial charge in [-0.25, -0.2) is 0 Å². The number of amides is 1. The molecule has 0 unspecified atom stereocenters. The van der Waals surface area contributed by atoms with Crippen LogP contribution < -0.4 is 5.32 Å². The number of hydrogen-bond acceptors (Lipinski definition) is 3. The van der Waals surface area contributed by atoms with Crippen molar-refractivity contribution in [1.29, 1.82) is 0 Å². The van der Waals surface area contributed by atoms with Gasteiger partial charge < -0.3 is 5.32 Å². The molecule has 1 N–H and O–H groups in total. The SMILES string of the molecule is Cc1cc(Cl)c(C(=O)Nc2cccc3ccncc23)cn1. The number of hydrogen-bond donors (Lipinski definition) is 1. The minimum Gasteiger partial charge on any atom is -0.321 e. The van der Waals surface area contributed by atoms with Crippen LogP contribution >= 0.6 is 11.6 Å². The van der Waals surface area contributed by atoms with Crippen LogP contribution in [0.1, 0.15) is 16.1 Å². The van der Waals surface area contributed by atoms with Crippen LogP contribution in [0.15, 0.2) is 48.9 Å². The zero-order valence-corrected chi connectivity index (χ0v) is 12.1. The molecule has 4 nitrogen and oxygen atoms in total. The van der Waals surface area contributed by atoms with Gasteiger partial charge in [0.05, 0.1) is 16.3 Å². The van der Waals surface area contributed by atoms with Crippen LogP contribution in [0.3, 0.4) is 0 Å². The monoisotopic (exact) mass is 297 g/mol. The molecule has 0 saturated carbocycles. The molecule has 0 aliphatic rings. The van der Waals surface area contributed by atoms with Crippen LogP contribution in [0.2, 0.25) is 5.02 Å². The van der Waals surface area contributed by atoms with Gasteiger partial charge >= 0.3 is 0 Å². The van der Waals surface area contributed by atoms with E-state index < -0.39 is 0 Å². The first-order chi connectivity index (χ1) is 10.1. The van der Waals surface area contributed by atoms with E-state index in [-0.39, 0.29) is 5.91 Å². The Hall–Kier alpha value is -2.46. The molecule has 5 heteroatoms. The van der Waals surface area contributed by atoms with Crippen molar-refractivity contribution >= 4 is 34.0 Å². The summed E-state index contributed by atoms with van der Waals surface area (Å²) in [5.41, 5.74) is 1.82. The highest BCUT2D eigenvalue weighted by Gasteiger charge is 2.12. The number of benzene rings is 1. The molecule has 104 valence electrons. The number of nitrogens with zero attached hydrogens (tertiary/aromatic N) is 2. The molecule has 0 spiro atoms. The third kappa shape index (κ3) is 2.71. The molecule has 0 radical (unpaired) electrons. The lowest BCUT2D eigenvalue weighted by Crippen LogP contribution is -2.13. The summed E-state index contributed by atoms with van der Waals surface area (Å²) in [7, 11) is 0. The lowest BCUT2D eigenvalue weighted by molar-refractivity contribution is 0.102. The van der Waals surface area contributed by atoms with Crippen LogP contribution in [0, 0.1) is 6.92 Å². The highest BCUT2D eigenvalue weighted by atomic mass is 35.5. The summed E-state index contributed by atoms with van der Waals surface area (Å²) in [6, 6.07) is 9.24. The first-order valence-electron chi connectivity index (χ1n) is 6.41. The van der Waals surface area contributed by atoms with Gasteiger partial charge in [0.2, 0.25) is 0 Å². The lowest BCUT2D eigenvalue weighted by atomic mass is 10.1. The molecule has 0 atom stereocenters. The normalized spacial score (nSPS) is 10.6. The number of halogens is 1. The predicted molar refractivity (Wildman–Crippen MR) is 83.7 cm³/mol. The molecule has 2 heterocycles. The molecular weight excluding hydrogens is 286 g/mol. The molecule has 3 rings (SSSR count). The third-order valence-electron chi connectivity index (χ3n) is 3.17. The van der Waals surface area contributed by atoms with Crippen molar-refractivity contribution in [3.63, 3.8) is 0 Å². The van der Waals surface area contributed by atoms with Crippen molar-refractivity contribution in [2.24, 2.45) is 0 Å². The molecular formula is C16H12ClN3O. The zero-order chi connectivity index (χ0) is 14.8. The zero-order valence-electron chi connectivity index (χ0n) is 11.3. The van der Waals surface area contributed by atoms with Crippen molar-refractivity contribution in [2.45, 2.75) is 6.92 Å². The quantitative estimate of drug-likeness (QED) is 0.782. The van der Waals surface area contributed by atoms with Crippen LogP contribution in [0.25, 0.3) is 10.8 Å². The van der Waals surface area contributed by atoms with E-state index in [1.165, 1.54) is 6.20 Å². The van der Waals surface area contributed by atoms with Gasteiger partial charge in [-0.05, 0) is 30.5 Å². The molecule has 3 aromatic rings. The van der Waals surface area contributed by atoms with Crippen molar-refractivity contribution in [2.75, 3.05) is 5.32 Å². The van der Waals surface area contributed by atoms with E-state index in [4.69, 9.17) is 11.6 Å². The fourth-order valence-electron chi connectivity index (χ4n) is 2.11. The highest BCUT2D eigenvalue weighted by Crippen LogP contribution is 2.24. The number of anilines is 1.